The van der Waals surface area contributed by atoms with E-state index in [1.54, 1.807) is 0 Å². The van der Waals surface area contributed by atoms with Crippen molar-refractivity contribution >= 4 is 5.69 Å². The van der Waals surface area contributed by atoms with Gasteiger partial charge in [-0.05, 0) is 41.2 Å². The molecule has 0 saturated heterocycles. The van der Waals surface area contributed by atoms with Gasteiger partial charge in [0.2, 0.25) is 0 Å². The second kappa shape index (κ2) is 6.58. The van der Waals surface area contributed by atoms with Crippen LogP contribution in [0, 0.1) is 5.92 Å². The van der Waals surface area contributed by atoms with Crippen LogP contribution in [0.1, 0.15) is 36.6 Å². The Morgan fingerprint density at radius 1 is 1.00 bits per heavy atom. The molecule has 0 fully saturated rings. The number of hydrogen-bond donors (Lipinski definition) is 2. The highest BCUT2D eigenvalue weighted by Crippen LogP contribution is 2.23. The lowest BCUT2D eigenvalue weighted by molar-refractivity contribution is 0.647. The first kappa shape index (κ1) is 14.6. The summed E-state index contributed by atoms with van der Waals surface area (Å²) >= 11 is 0. The molecular weight excluding hydrogens is 244 g/mol. The Hall–Kier alpha value is -1.80. The first-order valence-electron chi connectivity index (χ1n) is 7.22. The Morgan fingerprint density at radius 2 is 1.70 bits per heavy atom. The van der Waals surface area contributed by atoms with E-state index in [0.717, 1.165) is 23.2 Å². The second-order valence-electron chi connectivity index (χ2n) is 5.69. The first-order chi connectivity index (χ1) is 9.60. The molecule has 2 aromatic carbocycles. The quantitative estimate of drug-likeness (QED) is 0.861. The molecule has 3 N–H and O–H groups in total. The molecule has 0 amide bonds. The van der Waals surface area contributed by atoms with Crippen LogP contribution in [0.15, 0.2) is 48.5 Å². The van der Waals surface area contributed by atoms with Gasteiger partial charge < -0.3 is 11.1 Å². The molecule has 2 heteroatoms. The van der Waals surface area contributed by atoms with Gasteiger partial charge >= 0.3 is 0 Å². The lowest BCUT2D eigenvalue weighted by atomic mass is 9.96. The molecule has 0 aromatic heterocycles. The first-order valence-corrected chi connectivity index (χ1v) is 7.22. The summed E-state index contributed by atoms with van der Waals surface area (Å²) in [7, 11) is 1.92. The third-order valence-electron chi connectivity index (χ3n) is 3.52. The van der Waals surface area contributed by atoms with Crippen molar-refractivity contribution in [2.75, 3.05) is 12.4 Å². The maximum Gasteiger partial charge on any atom is 0.0552 e. The summed E-state index contributed by atoms with van der Waals surface area (Å²) in [6, 6.07) is 16.9. The maximum absolute atomic E-state index is 6.36. The highest BCUT2D eigenvalue weighted by atomic mass is 14.8. The second-order valence-corrected chi connectivity index (χ2v) is 5.69. The lowest BCUT2D eigenvalue weighted by Gasteiger charge is -2.15. The van der Waals surface area contributed by atoms with Crippen molar-refractivity contribution in [1.29, 1.82) is 0 Å². The summed E-state index contributed by atoms with van der Waals surface area (Å²) in [5.74, 6) is 0.682. The molecule has 1 unspecified atom stereocenters. The van der Waals surface area contributed by atoms with Crippen molar-refractivity contribution in [3.63, 3.8) is 0 Å². The van der Waals surface area contributed by atoms with E-state index in [0.29, 0.717) is 5.92 Å². The highest BCUT2D eigenvalue weighted by Gasteiger charge is 2.09. The lowest BCUT2D eigenvalue weighted by Crippen LogP contribution is -2.12. The molecule has 0 heterocycles. The van der Waals surface area contributed by atoms with Gasteiger partial charge in [0, 0.05) is 12.7 Å². The number of nitrogens with one attached hydrogen (secondary N) is 1. The predicted octanol–water partition coefficient (Wildman–Crippen LogP) is 3.97. The molecule has 106 valence electrons. The van der Waals surface area contributed by atoms with Gasteiger partial charge in [-0.1, -0.05) is 50.2 Å². The van der Waals surface area contributed by atoms with E-state index in [1.165, 1.54) is 5.56 Å². The molecule has 2 rings (SSSR count). The Kier molecular flexibility index (Phi) is 4.80. The zero-order valence-electron chi connectivity index (χ0n) is 12.6. The Bertz CT molecular complexity index is 544. The maximum atomic E-state index is 6.36. The third-order valence-corrected chi connectivity index (χ3v) is 3.52. The molecule has 0 saturated carbocycles. The SMILES string of the molecule is CNc1cccc(C(N)c2ccc(CC(C)C)cc2)c1. The van der Waals surface area contributed by atoms with Gasteiger partial charge in [0.05, 0.1) is 6.04 Å². The van der Waals surface area contributed by atoms with Crippen LogP contribution in [0.4, 0.5) is 5.69 Å². The smallest absolute Gasteiger partial charge is 0.0552 e. The van der Waals surface area contributed by atoms with Gasteiger partial charge in [0.25, 0.3) is 0 Å². The Balaban J connectivity index is 2.17. The van der Waals surface area contributed by atoms with Gasteiger partial charge in [0.1, 0.15) is 0 Å². The van der Waals surface area contributed by atoms with Crippen molar-refractivity contribution in [1.82, 2.24) is 0 Å². The summed E-state index contributed by atoms with van der Waals surface area (Å²) in [6.45, 7) is 4.48. The molecule has 0 aliphatic rings. The molecule has 0 radical (unpaired) electrons. The van der Waals surface area contributed by atoms with Gasteiger partial charge in [-0.15, -0.1) is 0 Å². The molecule has 0 aliphatic heterocycles. The van der Waals surface area contributed by atoms with Crippen molar-refractivity contribution in [3.05, 3.63) is 65.2 Å². The summed E-state index contributed by atoms with van der Waals surface area (Å²) in [6.07, 6.45) is 1.12. The number of hydrogen-bond acceptors (Lipinski definition) is 2. The fraction of sp³-hybridized carbons (Fsp3) is 0.333. The fourth-order valence-corrected chi connectivity index (χ4v) is 2.41. The van der Waals surface area contributed by atoms with Gasteiger partial charge in [-0.2, -0.15) is 0 Å². The largest absolute Gasteiger partial charge is 0.388 e. The molecule has 2 aromatic rings. The van der Waals surface area contributed by atoms with Crippen LogP contribution in [0.25, 0.3) is 0 Å². The van der Waals surface area contributed by atoms with Crippen LogP contribution in [0.2, 0.25) is 0 Å². The van der Waals surface area contributed by atoms with Gasteiger partial charge in [-0.25, -0.2) is 0 Å². The van der Waals surface area contributed by atoms with E-state index in [-0.39, 0.29) is 6.04 Å². The van der Waals surface area contributed by atoms with Crippen LogP contribution >= 0.6 is 0 Å². The fourth-order valence-electron chi connectivity index (χ4n) is 2.41. The van der Waals surface area contributed by atoms with Crippen LogP contribution in [0.3, 0.4) is 0 Å². The normalized spacial score (nSPS) is 12.4. The molecule has 0 aliphatic carbocycles. The molecule has 20 heavy (non-hydrogen) atoms. The van der Waals surface area contributed by atoms with E-state index in [9.17, 15) is 0 Å². The van der Waals surface area contributed by atoms with E-state index in [2.05, 4.69) is 55.6 Å². The topological polar surface area (TPSA) is 38.0 Å². The van der Waals surface area contributed by atoms with Crippen LogP contribution < -0.4 is 11.1 Å². The van der Waals surface area contributed by atoms with Gasteiger partial charge in [0.15, 0.2) is 0 Å². The zero-order chi connectivity index (χ0) is 14.5. The van der Waals surface area contributed by atoms with Crippen LogP contribution in [0.5, 0.6) is 0 Å². The third kappa shape index (κ3) is 3.61. The molecule has 0 bridgehead atoms. The van der Waals surface area contributed by atoms with Crippen molar-refractivity contribution in [3.8, 4) is 0 Å². The van der Waals surface area contributed by atoms with Crippen molar-refractivity contribution in [2.24, 2.45) is 11.7 Å². The Morgan fingerprint density at radius 3 is 2.30 bits per heavy atom. The van der Waals surface area contributed by atoms with Crippen LogP contribution in [-0.2, 0) is 6.42 Å². The van der Waals surface area contributed by atoms with Gasteiger partial charge in [-0.3, -0.25) is 0 Å². The standard InChI is InChI=1S/C18H24N2/c1-13(2)11-14-7-9-15(10-8-14)18(19)16-5-4-6-17(12-16)20-3/h4-10,12-13,18,20H,11,19H2,1-3H3. The van der Waals surface area contributed by atoms with E-state index >= 15 is 0 Å². The highest BCUT2D eigenvalue weighted by molar-refractivity contribution is 5.47. The number of rotatable bonds is 5. The number of anilines is 1. The number of nitrogens with two attached hydrogens (primary N) is 1. The minimum atomic E-state index is -0.0728. The van der Waals surface area contributed by atoms with E-state index < -0.39 is 0 Å². The van der Waals surface area contributed by atoms with Crippen molar-refractivity contribution in [2.45, 2.75) is 26.3 Å². The summed E-state index contributed by atoms with van der Waals surface area (Å²) in [5.41, 5.74) is 11.1. The minimum absolute atomic E-state index is 0.0728. The molecule has 0 spiro atoms. The minimum Gasteiger partial charge on any atom is -0.388 e. The average molecular weight is 268 g/mol. The zero-order valence-corrected chi connectivity index (χ0v) is 12.6. The van der Waals surface area contributed by atoms with E-state index in [4.69, 9.17) is 5.73 Å². The monoisotopic (exact) mass is 268 g/mol. The van der Waals surface area contributed by atoms with Crippen molar-refractivity contribution < 1.29 is 0 Å². The molecule has 2 nitrogen and oxygen atoms in total. The summed E-state index contributed by atoms with van der Waals surface area (Å²) in [5, 5.41) is 3.15. The molecular formula is C18H24N2. The number of benzene rings is 2. The van der Waals surface area contributed by atoms with E-state index in [1.807, 2.05) is 19.2 Å². The summed E-state index contributed by atoms with van der Waals surface area (Å²) < 4.78 is 0. The summed E-state index contributed by atoms with van der Waals surface area (Å²) in [4.78, 5) is 0. The molecule has 1 atom stereocenters. The Labute approximate surface area is 122 Å². The van der Waals surface area contributed by atoms with Crippen LogP contribution in [-0.4, -0.2) is 7.05 Å². The predicted molar refractivity (Wildman–Crippen MR) is 87.0 cm³/mol. The average Bonchev–Trinajstić information content (AvgIpc) is 2.47.